The van der Waals surface area contributed by atoms with Gasteiger partial charge in [-0.2, -0.15) is 0 Å². The molecule has 0 aliphatic heterocycles. The van der Waals surface area contributed by atoms with Crippen LogP contribution in [0.1, 0.15) is 11.4 Å². The summed E-state index contributed by atoms with van der Waals surface area (Å²) in [5, 5.41) is 12.5. The zero-order valence-corrected chi connectivity index (χ0v) is 17.5. The van der Waals surface area contributed by atoms with Crippen LogP contribution < -0.4 is 10.1 Å². The third-order valence-corrected chi connectivity index (χ3v) is 5.23. The average Bonchev–Trinajstić information content (AvgIpc) is 3.09. The molecule has 29 heavy (non-hydrogen) atoms. The SMILES string of the molecule is C=CCn1c(COc2ccccc2C)nnc1SCC(=O)Nc1ccc(Cl)cc1. The Morgan fingerprint density at radius 2 is 2.00 bits per heavy atom. The van der Waals surface area contributed by atoms with Crippen molar-refractivity contribution in [3.63, 3.8) is 0 Å². The van der Waals surface area contributed by atoms with Crippen molar-refractivity contribution in [2.45, 2.75) is 25.2 Å². The lowest BCUT2D eigenvalue weighted by Crippen LogP contribution is -2.15. The van der Waals surface area contributed by atoms with Gasteiger partial charge in [0.15, 0.2) is 11.0 Å². The molecule has 3 rings (SSSR count). The number of carbonyl (C=O) groups is 1. The van der Waals surface area contributed by atoms with E-state index in [2.05, 4.69) is 22.1 Å². The van der Waals surface area contributed by atoms with Crippen molar-refractivity contribution in [2.24, 2.45) is 0 Å². The van der Waals surface area contributed by atoms with Gasteiger partial charge in [-0.3, -0.25) is 9.36 Å². The van der Waals surface area contributed by atoms with Crippen molar-refractivity contribution >= 4 is 35.0 Å². The summed E-state index contributed by atoms with van der Waals surface area (Å²) in [6, 6.07) is 14.8. The fourth-order valence-corrected chi connectivity index (χ4v) is 3.46. The standard InChI is InChI=1S/C21H21ClN4O2S/c1-3-12-26-19(13-28-18-7-5-4-6-15(18)2)24-25-21(26)29-14-20(27)23-17-10-8-16(22)9-11-17/h3-11H,1,12-14H2,2H3,(H,23,27). The zero-order valence-electron chi connectivity index (χ0n) is 16.0. The number of aromatic nitrogens is 3. The molecule has 0 saturated carbocycles. The van der Waals surface area contributed by atoms with Gasteiger partial charge in [0.1, 0.15) is 12.4 Å². The van der Waals surface area contributed by atoms with E-state index in [1.807, 2.05) is 35.8 Å². The molecule has 2 aromatic carbocycles. The Kier molecular flexibility index (Phi) is 7.32. The van der Waals surface area contributed by atoms with E-state index in [0.717, 1.165) is 11.3 Å². The van der Waals surface area contributed by atoms with Crippen LogP contribution in [0.2, 0.25) is 5.02 Å². The average molecular weight is 429 g/mol. The lowest BCUT2D eigenvalue weighted by atomic mass is 10.2. The van der Waals surface area contributed by atoms with Gasteiger partial charge in [-0.15, -0.1) is 16.8 Å². The van der Waals surface area contributed by atoms with E-state index in [-0.39, 0.29) is 18.3 Å². The highest BCUT2D eigenvalue weighted by atomic mass is 35.5. The molecule has 0 saturated heterocycles. The fraction of sp³-hybridized carbons (Fsp3) is 0.190. The van der Waals surface area contributed by atoms with Crippen molar-refractivity contribution in [3.05, 3.63) is 77.6 Å². The molecule has 0 atom stereocenters. The number of hydrogen-bond donors (Lipinski definition) is 1. The van der Waals surface area contributed by atoms with Crippen molar-refractivity contribution in [3.8, 4) is 5.75 Å². The van der Waals surface area contributed by atoms with E-state index in [9.17, 15) is 4.79 Å². The Morgan fingerprint density at radius 3 is 2.72 bits per heavy atom. The number of nitrogens with one attached hydrogen (secondary N) is 1. The summed E-state index contributed by atoms with van der Waals surface area (Å²) in [7, 11) is 0. The molecular weight excluding hydrogens is 408 g/mol. The molecule has 1 heterocycles. The van der Waals surface area contributed by atoms with Crippen LogP contribution in [0.5, 0.6) is 5.75 Å². The molecule has 3 aromatic rings. The number of rotatable bonds is 9. The summed E-state index contributed by atoms with van der Waals surface area (Å²) in [6.07, 6.45) is 1.76. The number of amides is 1. The summed E-state index contributed by atoms with van der Waals surface area (Å²) in [5.41, 5.74) is 1.75. The second-order valence-corrected chi connectivity index (χ2v) is 7.57. The first-order chi connectivity index (χ1) is 14.1. The van der Waals surface area contributed by atoms with E-state index in [0.29, 0.717) is 28.2 Å². The Bertz CT molecular complexity index is 989. The normalized spacial score (nSPS) is 10.6. The Morgan fingerprint density at radius 1 is 1.24 bits per heavy atom. The third kappa shape index (κ3) is 5.85. The molecule has 0 aliphatic carbocycles. The molecule has 8 heteroatoms. The maximum absolute atomic E-state index is 12.2. The quantitative estimate of drug-likeness (QED) is 0.394. The molecule has 150 valence electrons. The van der Waals surface area contributed by atoms with E-state index in [4.69, 9.17) is 16.3 Å². The molecule has 0 aliphatic rings. The molecular formula is C21H21ClN4O2S. The minimum atomic E-state index is -0.136. The molecule has 0 fully saturated rings. The first-order valence-electron chi connectivity index (χ1n) is 8.96. The van der Waals surface area contributed by atoms with E-state index in [1.54, 1.807) is 30.3 Å². The van der Waals surface area contributed by atoms with E-state index < -0.39 is 0 Å². The molecule has 1 amide bonds. The number of hydrogen-bond acceptors (Lipinski definition) is 5. The lowest BCUT2D eigenvalue weighted by Gasteiger charge is -2.10. The summed E-state index contributed by atoms with van der Waals surface area (Å²) in [5.74, 6) is 1.55. The zero-order chi connectivity index (χ0) is 20.6. The van der Waals surface area contributed by atoms with Gasteiger partial charge < -0.3 is 10.1 Å². The van der Waals surface area contributed by atoms with E-state index >= 15 is 0 Å². The second-order valence-electron chi connectivity index (χ2n) is 6.20. The van der Waals surface area contributed by atoms with Gasteiger partial charge >= 0.3 is 0 Å². The highest BCUT2D eigenvalue weighted by Crippen LogP contribution is 2.21. The van der Waals surface area contributed by atoms with Crippen molar-refractivity contribution in [2.75, 3.05) is 11.1 Å². The second kappa shape index (κ2) is 10.1. The van der Waals surface area contributed by atoms with Crippen LogP contribution in [0, 0.1) is 6.92 Å². The topological polar surface area (TPSA) is 69.0 Å². The summed E-state index contributed by atoms with van der Waals surface area (Å²) in [4.78, 5) is 12.2. The Labute approximate surface area is 178 Å². The van der Waals surface area contributed by atoms with Gasteiger partial charge in [-0.1, -0.05) is 47.6 Å². The molecule has 0 radical (unpaired) electrons. The Hall–Kier alpha value is -2.77. The summed E-state index contributed by atoms with van der Waals surface area (Å²) >= 11 is 7.17. The fourth-order valence-electron chi connectivity index (χ4n) is 2.57. The van der Waals surface area contributed by atoms with Gasteiger partial charge in [0.25, 0.3) is 0 Å². The van der Waals surface area contributed by atoms with Crippen molar-refractivity contribution in [1.29, 1.82) is 0 Å². The first-order valence-corrected chi connectivity index (χ1v) is 10.3. The molecule has 0 bridgehead atoms. The van der Waals surface area contributed by atoms with Gasteiger partial charge in [0, 0.05) is 17.3 Å². The highest BCUT2D eigenvalue weighted by molar-refractivity contribution is 7.99. The number of allylic oxidation sites excluding steroid dienone is 1. The molecule has 1 N–H and O–H groups in total. The van der Waals surface area contributed by atoms with Crippen LogP contribution in [0.3, 0.4) is 0 Å². The Balaban J connectivity index is 1.61. The number of aryl methyl sites for hydroxylation is 1. The van der Waals surface area contributed by atoms with Gasteiger partial charge in [-0.25, -0.2) is 0 Å². The van der Waals surface area contributed by atoms with Crippen LogP contribution in [0.15, 0.2) is 66.3 Å². The number of carbonyl (C=O) groups excluding carboxylic acids is 1. The predicted molar refractivity (Wildman–Crippen MR) is 117 cm³/mol. The van der Waals surface area contributed by atoms with Crippen molar-refractivity contribution in [1.82, 2.24) is 14.8 Å². The molecule has 6 nitrogen and oxygen atoms in total. The highest BCUT2D eigenvalue weighted by Gasteiger charge is 2.14. The number of benzene rings is 2. The molecule has 1 aromatic heterocycles. The minimum absolute atomic E-state index is 0.136. The summed E-state index contributed by atoms with van der Waals surface area (Å²) in [6.45, 7) is 6.59. The number of ether oxygens (including phenoxy) is 1. The third-order valence-electron chi connectivity index (χ3n) is 4.02. The lowest BCUT2D eigenvalue weighted by molar-refractivity contribution is -0.113. The molecule has 0 unspecified atom stereocenters. The number of halogens is 1. The number of anilines is 1. The smallest absolute Gasteiger partial charge is 0.234 e. The molecule has 0 spiro atoms. The maximum atomic E-state index is 12.2. The number of thioether (sulfide) groups is 1. The largest absolute Gasteiger partial charge is 0.485 e. The minimum Gasteiger partial charge on any atom is -0.485 e. The monoisotopic (exact) mass is 428 g/mol. The van der Waals surface area contributed by atoms with Crippen LogP contribution >= 0.6 is 23.4 Å². The van der Waals surface area contributed by atoms with Gasteiger partial charge in [0.05, 0.1) is 5.75 Å². The van der Waals surface area contributed by atoms with Crippen molar-refractivity contribution < 1.29 is 9.53 Å². The van der Waals surface area contributed by atoms with E-state index in [1.165, 1.54) is 11.8 Å². The van der Waals surface area contributed by atoms with Crippen LogP contribution in [0.25, 0.3) is 0 Å². The van der Waals surface area contributed by atoms with Crippen LogP contribution in [-0.2, 0) is 17.9 Å². The summed E-state index contributed by atoms with van der Waals surface area (Å²) < 4.78 is 7.77. The first kappa shape index (κ1) is 21.0. The maximum Gasteiger partial charge on any atom is 0.234 e. The van der Waals surface area contributed by atoms with Crippen LogP contribution in [0.4, 0.5) is 5.69 Å². The van der Waals surface area contributed by atoms with Crippen LogP contribution in [-0.4, -0.2) is 26.4 Å². The van der Waals surface area contributed by atoms with Gasteiger partial charge in [-0.05, 0) is 42.8 Å². The number of para-hydroxylation sites is 1. The van der Waals surface area contributed by atoms with Gasteiger partial charge in [0.2, 0.25) is 5.91 Å². The number of nitrogens with zero attached hydrogens (tertiary/aromatic N) is 3. The predicted octanol–water partition coefficient (Wildman–Crippen LogP) is 4.74.